The molecule has 94 valence electrons. The largest absolute Gasteiger partial charge is 0.508 e. The monoisotopic (exact) mass is 246 g/mol. The van der Waals surface area contributed by atoms with Crippen molar-refractivity contribution in [3.63, 3.8) is 0 Å². The van der Waals surface area contributed by atoms with Crippen molar-refractivity contribution < 1.29 is 9.50 Å². The molecule has 3 nitrogen and oxygen atoms in total. The first kappa shape index (κ1) is 12.5. The van der Waals surface area contributed by atoms with Gasteiger partial charge in [-0.25, -0.2) is 4.39 Å². The van der Waals surface area contributed by atoms with Crippen molar-refractivity contribution in [3.05, 3.63) is 59.7 Å². The van der Waals surface area contributed by atoms with Gasteiger partial charge in [0.05, 0.1) is 0 Å². The molecule has 1 aromatic heterocycles. The molecule has 1 heterocycles. The molecule has 0 aliphatic heterocycles. The number of nitrogens with one attached hydrogen (secondary N) is 1. The van der Waals surface area contributed by atoms with Crippen molar-refractivity contribution in [2.24, 2.45) is 0 Å². The van der Waals surface area contributed by atoms with Gasteiger partial charge in [0.15, 0.2) is 0 Å². The van der Waals surface area contributed by atoms with Crippen LogP contribution in [0.2, 0.25) is 0 Å². The molecule has 2 N–H and O–H groups in total. The molecular weight excluding hydrogens is 231 g/mol. The molecule has 0 saturated heterocycles. The van der Waals surface area contributed by atoms with Gasteiger partial charge in [0.1, 0.15) is 11.6 Å². The number of pyridine rings is 1. The summed E-state index contributed by atoms with van der Waals surface area (Å²) in [6.07, 6.45) is 3.48. The summed E-state index contributed by atoms with van der Waals surface area (Å²) in [7, 11) is 0. The fraction of sp³-hybridized carbons (Fsp3) is 0.214. The lowest BCUT2D eigenvalue weighted by Crippen LogP contribution is -2.18. The van der Waals surface area contributed by atoms with Crippen LogP contribution in [0.1, 0.15) is 24.1 Å². The fourth-order valence-electron chi connectivity index (χ4n) is 1.78. The molecule has 0 bridgehead atoms. The minimum Gasteiger partial charge on any atom is -0.508 e. The van der Waals surface area contributed by atoms with Crippen molar-refractivity contribution >= 4 is 0 Å². The number of halogens is 1. The normalized spacial score (nSPS) is 12.3. The second-order valence-corrected chi connectivity index (χ2v) is 4.20. The average Bonchev–Trinajstić information content (AvgIpc) is 2.36. The third-order valence-electron chi connectivity index (χ3n) is 2.76. The molecule has 18 heavy (non-hydrogen) atoms. The smallest absolute Gasteiger partial charge is 0.127 e. The van der Waals surface area contributed by atoms with E-state index in [1.165, 1.54) is 6.07 Å². The zero-order valence-corrected chi connectivity index (χ0v) is 10.1. The van der Waals surface area contributed by atoms with Gasteiger partial charge in [-0.15, -0.1) is 0 Å². The lowest BCUT2D eigenvalue weighted by Gasteiger charge is -2.14. The lowest BCUT2D eigenvalue weighted by molar-refractivity contribution is 0.466. The maximum Gasteiger partial charge on any atom is 0.127 e. The zero-order chi connectivity index (χ0) is 13.0. The molecule has 1 aromatic carbocycles. The van der Waals surface area contributed by atoms with Crippen molar-refractivity contribution in [1.29, 1.82) is 0 Å². The Morgan fingerprint density at radius 2 is 2.00 bits per heavy atom. The minimum absolute atomic E-state index is 0.0524. The van der Waals surface area contributed by atoms with E-state index in [0.29, 0.717) is 12.1 Å². The molecule has 0 saturated carbocycles. The number of rotatable bonds is 4. The summed E-state index contributed by atoms with van der Waals surface area (Å²) in [5, 5.41) is 12.6. The van der Waals surface area contributed by atoms with Gasteiger partial charge in [0.2, 0.25) is 0 Å². The lowest BCUT2D eigenvalue weighted by atomic mass is 10.1. The molecule has 4 heteroatoms. The van der Waals surface area contributed by atoms with Crippen molar-refractivity contribution in [1.82, 2.24) is 10.3 Å². The topological polar surface area (TPSA) is 45.1 Å². The van der Waals surface area contributed by atoms with E-state index in [1.807, 2.05) is 19.1 Å². The highest BCUT2D eigenvalue weighted by atomic mass is 19.1. The number of aromatic nitrogens is 1. The molecule has 0 unspecified atom stereocenters. The summed E-state index contributed by atoms with van der Waals surface area (Å²) in [5.41, 5.74) is 1.83. The molecule has 0 radical (unpaired) electrons. The Bertz CT molecular complexity index is 496. The Hall–Kier alpha value is -1.94. The van der Waals surface area contributed by atoms with Crippen LogP contribution in [-0.4, -0.2) is 10.1 Å². The van der Waals surface area contributed by atoms with Gasteiger partial charge < -0.3 is 10.4 Å². The van der Waals surface area contributed by atoms with E-state index in [4.69, 9.17) is 0 Å². The second-order valence-electron chi connectivity index (χ2n) is 4.20. The maximum atomic E-state index is 13.1. The summed E-state index contributed by atoms with van der Waals surface area (Å²) < 4.78 is 13.1. The van der Waals surface area contributed by atoms with Crippen molar-refractivity contribution in [2.45, 2.75) is 19.5 Å². The number of nitrogens with zero attached hydrogens (tertiary/aromatic N) is 1. The van der Waals surface area contributed by atoms with Crippen LogP contribution in [0, 0.1) is 5.82 Å². The first-order chi connectivity index (χ1) is 8.65. The Morgan fingerprint density at radius 1 is 1.28 bits per heavy atom. The average molecular weight is 246 g/mol. The van der Waals surface area contributed by atoms with E-state index in [1.54, 1.807) is 18.5 Å². The molecular formula is C14H15FN2O. The maximum absolute atomic E-state index is 13.1. The van der Waals surface area contributed by atoms with Crippen LogP contribution in [0.4, 0.5) is 4.39 Å². The number of benzene rings is 1. The summed E-state index contributed by atoms with van der Waals surface area (Å²) in [6, 6.07) is 8.05. The molecule has 0 aliphatic rings. The first-order valence-electron chi connectivity index (χ1n) is 5.77. The van der Waals surface area contributed by atoms with Crippen molar-refractivity contribution in [3.8, 4) is 5.75 Å². The molecule has 0 aliphatic carbocycles. The predicted octanol–water partition coefficient (Wildman–Crippen LogP) is 2.78. The molecule has 2 aromatic rings. The number of hydrogen-bond acceptors (Lipinski definition) is 3. The van der Waals surface area contributed by atoms with Gasteiger partial charge in [0.25, 0.3) is 0 Å². The Kier molecular flexibility index (Phi) is 3.89. The summed E-state index contributed by atoms with van der Waals surface area (Å²) in [5.74, 6) is -0.480. The molecule has 1 atom stereocenters. The van der Waals surface area contributed by atoms with E-state index < -0.39 is 5.82 Å². The minimum atomic E-state index is -0.427. The van der Waals surface area contributed by atoms with Crippen LogP contribution < -0.4 is 5.32 Å². The molecule has 0 amide bonds. The highest BCUT2D eigenvalue weighted by Crippen LogP contribution is 2.16. The second kappa shape index (κ2) is 5.60. The number of phenols is 1. The summed E-state index contributed by atoms with van der Waals surface area (Å²) in [4.78, 5) is 3.96. The molecule has 2 rings (SSSR count). The third-order valence-corrected chi connectivity index (χ3v) is 2.76. The number of hydrogen-bond donors (Lipinski definition) is 2. The van der Waals surface area contributed by atoms with Gasteiger partial charge in [-0.2, -0.15) is 0 Å². The summed E-state index contributed by atoms with van der Waals surface area (Å²) in [6.45, 7) is 2.52. The van der Waals surface area contributed by atoms with Crippen LogP contribution in [-0.2, 0) is 6.54 Å². The SMILES string of the molecule is C[C@@H](NCc1cc(O)cc(F)c1)c1ccncc1. The Morgan fingerprint density at radius 3 is 2.67 bits per heavy atom. The van der Waals surface area contributed by atoms with Gasteiger partial charge in [-0.1, -0.05) is 0 Å². The highest BCUT2D eigenvalue weighted by molar-refractivity contribution is 5.28. The van der Waals surface area contributed by atoms with Gasteiger partial charge >= 0.3 is 0 Å². The van der Waals surface area contributed by atoms with Crippen LogP contribution in [0.25, 0.3) is 0 Å². The van der Waals surface area contributed by atoms with Crippen LogP contribution in [0.5, 0.6) is 5.75 Å². The molecule has 0 spiro atoms. The van der Waals surface area contributed by atoms with Crippen LogP contribution in [0.15, 0.2) is 42.7 Å². The van der Waals surface area contributed by atoms with E-state index >= 15 is 0 Å². The standard InChI is InChI=1S/C14H15FN2O/c1-10(12-2-4-16-5-3-12)17-9-11-6-13(15)8-14(18)7-11/h2-8,10,17-18H,9H2,1H3/t10-/m1/s1. The fourth-order valence-corrected chi connectivity index (χ4v) is 1.78. The summed E-state index contributed by atoms with van der Waals surface area (Å²) >= 11 is 0. The van der Waals surface area contributed by atoms with E-state index in [2.05, 4.69) is 10.3 Å². The number of phenolic OH excluding ortho intramolecular Hbond substituents is 1. The van der Waals surface area contributed by atoms with Crippen LogP contribution in [0.3, 0.4) is 0 Å². The zero-order valence-electron chi connectivity index (χ0n) is 10.1. The van der Waals surface area contributed by atoms with E-state index in [-0.39, 0.29) is 11.8 Å². The quantitative estimate of drug-likeness (QED) is 0.872. The highest BCUT2D eigenvalue weighted by Gasteiger charge is 2.05. The third kappa shape index (κ3) is 3.28. The van der Waals surface area contributed by atoms with E-state index in [9.17, 15) is 9.50 Å². The number of aromatic hydroxyl groups is 1. The van der Waals surface area contributed by atoms with Crippen LogP contribution >= 0.6 is 0 Å². The Labute approximate surface area is 105 Å². The first-order valence-corrected chi connectivity index (χ1v) is 5.77. The van der Waals surface area contributed by atoms with E-state index in [0.717, 1.165) is 11.6 Å². The Balaban J connectivity index is 1.99. The van der Waals surface area contributed by atoms with Crippen molar-refractivity contribution in [2.75, 3.05) is 0 Å². The molecule has 0 fully saturated rings. The van der Waals surface area contributed by atoms with Gasteiger partial charge in [-0.05, 0) is 42.3 Å². The predicted molar refractivity (Wildman–Crippen MR) is 67.6 cm³/mol. The van der Waals surface area contributed by atoms with Gasteiger partial charge in [-0.3, -0.25) is 4.98 Å². The van der Waals surface area contributed by atoms with Gasteiger partial charge in [0, 0.05) is 31.0 Å².